The van der Waals surface area contributed by atoms with E-state index < -0.39 is 23.8 Å². The molecule has 0 aromatic heterocycles. The highest BCUT2D eigenvalue weighted by atomic mass is 19.4. The quantitative estimate of drug-likeness (QED) is 0.657. The summed E-state index contributed by atoms with van der Waals surface area (Å²) in [5, 5.41) is 2.20. The first kappa shape index (κ1) is 17.8. The largest absolute Gasteiger partial charge is 0.432 e. The number of alkyl halides is 3. The average molecular weight is 365 g/mol. The number of carbonyl (C=O) groups is 3. The zero-order chi connectivity index (χ0) is 19.1. The summed E-state index contributed by atoms with van der Waals surface area (Å²) in [6.45, 7) is 3.00. The van der Waals surface area contributed by atoms with Crippen LogP contribution in [0, 0.1) is 0 Å². The molecule has 1 aromatic carbocycles. The molecule has 1 aromatic rings. The molecule has 9 heteroatoms. The first-order valence-corrected chi connectivity index (χ1v) is 7.74. The molecule has 0 saturated carbocycles. The molecule has 1 fully saturated rings. The van der Waals surface area contributed by atoms with E-state index in [2.05, 4.69) is 16.9 Å². The number of fused-ring (bicyclic) bond motifs is 1. The van der Waals surface area contributed by atoms with Crippen molar-refractivity contribution in [3.8, 4) is 0 Å². The van der Waals surface area contributed by atoms with E-state index in [0.29, 0.717) is 16.7 Å². The van der Waals surface area contributed by atoms with Gasteiger partial charge in [-0.15, -0.1) is 0 Å². The fourth-order valence-corrected chi connectivity index (χ4v) is 2.90. The van der Waals surface area contributed by atoms with Crippen LogP contribution in [-0.2, 0) is 16.1 Å². The van der Waals surface area contributed by atoms with Crippen LogP contribution in [-0.4, -0.2) is 41.1 Å². The van der Waals surface area contributed by atoms with Crippen LogP contribution in [0.1, 0.15) is 34.3 Å². The number of nitrogens with one attached hydrogen (secondary N) is 1. The molecule has 0 aliphatic carbocycles. The highest BCUT2D eigenvalue weighted by molar-refractivity contribution is 6.05. The fourth-order valence-electron chi connectivity index (χ4n) is 2.90. The van der Waals surface area contributed by atoms with Crippen molar-refractivity contribution in [2.24, 2.45) is 4.99 Å². The van der Waals surface area contributed by atoms with Gasteiger partial charge in [0.15, 0.2) is 0 Å². The summed E-state index contributed by atoms with van der Waals surface area (Å²) in [4.78, 5) is 40.4. The topological polar surface area (TPSA) is 78.8 Å². The zero-order valence-electron chi connectivity index (χ0n) is 13.5. The van der Waals surface area contributed by atoms with Gasteiger partial charge < -0.3 is 4.90 Å². The van der Waals surface area contributed by atoms with E-state index in [1.54, 1.807) is 6.07 Å². The third-order valence-electron chi connectivity index (χ3n) is 4.24. The van der Waals surface area contributed by atoms with Gasteiger partial charge in [-0.3, -0.25) is 24.7 Å². The van der Waals surface area contributed by atoms with E-state index in [9.17, 15) is 27.6 Å². The lowest BCUT2D eigenvalue weighted by Gasteiger charge is -2.29. The van der Waals surface area contributed by atoms with Crippen LogP contribution in [0.3, 0.4) is 0 Å². The lowest BCUT2D eigenvalue weighted by Crippen LogP contribution is -2.52. The molecule has 136 valence electrons. The number of hydrogen-bond acceptors (Lipinski definition) is 4. The van der Waals surface area contributed by atoms with Gasteiger partial charge in [0.1, 0.15) is 11.7 Å². The summed E-state index contributed by atoms with van der Waals surface area (Å²) >= 11 is 0. The number of nitrogens with zero attached hydrogens (tertiary/aromatic N) is 2. The van der Waals surface area contributed by atoms with Gasteiger partial charge in [-0.25, -0.2) is 0 Å². The molecule has 26 heavy (non-hydrogen) atoms. The molecule has 1 atom stereocenters. The number of benzene rings is 1. The molecule has 0 bridgehead atoms. The molecule has 1 saturated heterocycles. The number of halogens is 3. The molecular formula is C17H14F3N3O3. The molecule has 0 spiro atoms. The number of imide groups is 1. The summed E-state index contributed by atoms with van der Waals surface area (Å²) in [6, 6.07) is 3.76. The Bertz CT molecular complexity index is 845. The van der Waals surface area contributed by atoms with Gasteiger partial charge in [-0.2, -0.15) is 13.2 Å². The Morgan fingerprint density at radius 1 is 1.31 bits per heavy atom. The second-order valence-corrected chi connectivity index (χ2v) is 6.02. The summed E-state index contributed by atoms with van der Waals surface area (Å²) in [5.41, 5.74) is 0.120. The number of aliphatic imine (C=N–C) groups is 1. The Morgan fingerprint density at radius 3 is 2.69 bits per heavy atom. The number of amides is 3. The molecule has 2 aliphatic rings. The van der Waals surface area contributed by atoms with E-state index in [1.807, 2.05) is 0 Å². The summed E-state index contributed by atoms with van der Waals surface area (Å²) in [5.74, 6) is -1.25. The Morgan fingerprint density at radius 2 is 2.04 bits per heavy atom. The molecule has 3 amide bonds. The highest BCUT2D eigenvalue weighted by Gasteiger charge is 2.39. The molecule has 1 N–H and O–H groups in total. The van der Waals surface area contributed by atoms with Gasteiger partial charge in [-0.05, 0) is 29.7 Å². The predicted molar refractivity (Wildman–Crippen MR) is 85.3 cm³/mol. The second kappa shape index (κ2) is 6.40. The SMILES string of the molecule is C=C(N=Cc1ccc2c(c1)CN(C1CCC(=O)NC1=O)C2=O)C(F)(F)F. The van der Waals surface area contributed by atoms with Gasteiger partial charge >= 0.3 is 6.18 Å². The fraction of sp³-hybridized carbons (Fsp3) is 0.294. The second-order valence-electron chi connectivity index (χ2n) is 6.02. The van der Waals surface area contributed by atoms with E-state index in [4.69, 9.17) is 0 Å². The van der Waals surface area contributed by atoms with Gasteiger partial charge in [0.2, 0.25) is 11.8 Å². The third-order valence-corrected chi connectivity index (χ3v) is 4.24. The maximum absolute atomic E-state index is 12.5. The Kier molecular flexibility index (Phi) is 4.39. The minimum atomic E-state index is -4.61. The number of allylic oxidation sites excluding steroid dienone is 1. The Labute approximate surface area is 146 Å². The summed E-state index contributed by atoms with van der Waals surface area (Å²) < 4.78 is 37.3. The molecular weight excluding hydrogens is 351 g/mol. The Balaban J connectivity index is 1.78. The number of carbonyl (C=O) groups excluding carboxylic acids is 3. The van der Waals surface area contributed by atoms with Gasteiger partial charge in [0.05, 0.1) is 0 Å². The summed E-state index contributed by atoms with van der Waals surface area (Å²) in [7, 11) is 0. The summed E-state index contributed by atoms with van der Waals surface area (Å²) in [6.07, 6.45) is -3.20. The zero-order valence-corrected chi connectivity index (χ0v) is 13.5. The number of rotatable bonds is 3. The standard InChI is InChI=1S/C17H14F3N3O3/c1-9(17(18,19)20)21-7-10-2-3-12-11(6-10)8-23(16(12)26)13-4-5-14(24)22-15(13)25/h2-3,6-7,13H,1,4-5,8H2,(H,22,24,25). The minimum Gasteiger partial charge on any atom is -0.322 e. The van der Waals surface area contributed by atoms with E-state index in [1.165, 1.54) is 17.0 Å². The average Bonchev–Trinajstić information content (AvgIpc) is 2.88. The molecule has 3 rings (SSSR count). The maximum Gasteiger partial charge on any atom is 0.432 e. The van der Waals surface area contributed by atoms with Crippen LogP contribution in [0.4, 0.5) is 13.2 Å². The molecule has 0 radical (unpaired) electrons. The van der Waals surface area contributed by atoms with Gasteiger partial charge in [0, 0.05) is 24.7 Å². The predicted octanol–water partition coefficient (Wildman–Crippen LogP) is 1.94. The Hall–Kier alpha value is -2.97. The van der Waals surface area contributed by atoms with Crippen molar-refractivity contribution in [2.45, 2.75) is 31.6 Å². The van der Waals surface area contributed by atoms with E-state index in [-0.39, 0.29) is 31.2 Å². The van der Waals surface area contributed by atoms with Crippen LogP contribution < -0.4 is 5.32 Å². The maximum atomic E-state index is 12.5. The van der Waals surface area contributed by atoms with Crippen LogP contribution >= 0.6 is 0 Å². The van der Waals surface area contributed by atoms with Crippen molar-refractivity contribution in [1.29, 1.82) is 0 Å². The van der Waals surface area contributed by atoms with Crippen LogP contribution in [0.2, 0.25) is 0 Å². The number of hydrogen-bond donors (Lipinski definition) is 1. The van der Waals surface area contributed by atoms with Crippen LogP contribution in [0.15, 0.2) is 35.5 Å². The number of piperidine rings is 1. The highest BCUT2D eigenvalue weighted by Crippen LogP contribution is 2.28. The van der Waals surface area contributed by atoms with Crippen molar-refractivity contribution >= 4 is 23.9 Å². The molecule has 2 aliphatic heterocycles. The smallest absolute Gasteiger partial charge is 0.322 e. The van der Waals surface area contributed by atoms with Gasteiger partial charge in [-0.1, -0.05) is 12.6 Å². The van der Waals surface area contributed by atoms with Crippen molar-refractivity contribution in [3.05, 3.63) is 47.2 Å². The van der Waals surface area contributed by atoms with Crippen LogP contribution in [0.25, 0.3) is 0 Å². The van der Waals surface area contributed by atoms with Crippen LogP contribution in [0.5, 0.6) is 0 Å². The minimum absolute atomic E-state index is 0.141. The molecule has 1 unspecified atom stereocenters. The molecule has 6 nitrogen and oxygen atoms in total. The van der Waals surface area contributed by atoms with Crippen molar-refractivity contribution in [2.75, 3.05) is 0 Å². The molecule has 2 heterocycles. The lowest BCUT2D eigenvalue weighted by molar-refractivity contribution is -0.136. The first-order chi connectivity index (χ1) is 12.2. The normalized spacial score (nSPS) is 20.5. The van der Waals surface area contributed by atoms with E-state index >= 15 is 0 Å². The van der Waals surface area contributed by atoms with Crippen molar-refractivity contribution < 1.29 is 27.6 Å². The van der Waals surface area contributed by atoms with Crippen molar-refractivity contribution in [3.63, 3.8) is 0 Å². The van der Waals surface area contributed by atoms with Crippen molar-refractivity contribution in [1.82, 2.24) is 10.2 Å². The first-order valence-electron chi connectivity index (χ1n) is 7.74. The monoisotopic (exact) mass is 365 g/mol. The third kappa shape index (κ3) is 3.37. The lowest BCUT2D eigenvalue weighted by atomic mass is 10.0. The van der Waals surface area contributed by atoms with Gasteiger partial charge in [0.25, 0.3) is 5.91 Å². The van der Waals surface area contributed by atoms with E-state index in [0.717, 1.165) is 6.21 Å².